The van der Waals surface area contributed by atoms with Crippen LogP contribution < -0.4 is 10.1 Å². The third-order valence-corrected chi connectivity index (χ3v) is 6.96. The summed E-state index contributed by atoms with van der Waals surface area (Å²) in [5.41, 5.74) is 1.42. The van der Waals surface area contributed by atoms with Crippen LogP contribution in [0.15, 0.2) is 59.5 Å². The van der Waals surface area contributed by atoms with Gasteiger partial charge in [-0.05, 0) is 66.8 Å². The van der Waals surface area contributed by atoms with E-state index in [9.17, 15) is 13.2 Å². The van der Waals surface area contributed by atoms with E-state index in [0.717, 1.165) is 24.2 Å². The first kappa shape index (κ1) is 21.1. The fourth-order valence-corrected chi connectivity index (χ4v) is 4.63. The molecular formula is C22H26N2O4S. The highest BCUT2D eigenvalue weighted by Crippen LogP contribution is 2.24. The first-order chi connectivity index (χ1) is 13.9. The lowest BCUT2D eigenvalue weighted by Gasteiger charge is -2.29. The van der Waals surface area contributed by atoms with Gasteiger partial charge in [-0.3, -0.25) is 4.79 Å². The number of methoxy groups -OCH3 is 1. The number of rotatable bonds is 6. The number of carbonyl (C=O) groups excluding carboxylic acids is 1. The second kappa shape index (κ2) is 9.24. The van der Waals surface area contributed by atoms with E-state index < -0.39 is 10.0 Å². The fourth-order valence-electron chi connectivity index (χ4n) is 3.16. The standard InChI is InChI=1S/C22H26N2O4S/c1-17-13-15-24(16-14-17)29(26,27)21-10-6-19(7-11-21)23-22(25)12-5-18-3-8-20(28-2)9-4-18/h3-12,17H,13-16H2,1-2H3,(H,23,25). The highest BCUT2D eigenvalue weighted by molar-refractivity contribution is 7.89. The highest BCUT2D eigenvalue weighted by Gasteiger charge is 2.27. The van der Waals surface area contributed by atoms with Crippen molar-refractivity contribution in [3.8, 4) is 5.75 Å². The van der Waals surface area contributed by atoms with Gasteiger partial charge in [0.2, 0.25) is 15.9 Å². The van der Waals surface area contributed by atoms with Crippen LogP contribution in [0.2, 0.25) is 0 Å². The van der Waals surface area contributed by atoms with Gasteiger partial charge in [-0.15, -0.1) is 0 Å². The Morgan fingerprint density at radius 2 is 1.69 bits per heavy atom. The Morgan fingerprint density at radius 3 is 2.28 bits per heavy atom. The molecule has 3 rings (SSSR count). The van der Waals surface area contributed by atoms with Crippen LogP contribution in [0.1, 0.15) is 25.3 Å². The Bertz CT molecular complexity index is 959. The molecule has 0 aromatic heterocycles. The number of nitrogens with zero attached hydrogens (tertiary/aromatic N) is 1. The molecule has 0 radical (unpaired) electrons. The number of ether oxygens (including phenoxy) is 1. The fraction of sp³-hybridized carbons (Fsp3) is 0.318. The molecule has 0 bridgehead atoms. The molecule has 0 atom stereocenters. The van der Waals surface area contributed by atoms with Crippen LogP contribution in [0.5, 0.6) is 5.75 Å². The van der Waals surface area contributed by atoms with E-state index >= 15 is 0 Å². The maximum atomic E-state index is 12.8. The van der Waals surface area contributed by atoms with Crippen molar-refractivity contribution < 1.29 is 17.9 Å². The minimum Gasteiger partial charge on any atom is -0.497 e. The van der Waals surface area contributed by atoms with Gasteiger partial charge in [0, 0.05) is 24.9 Å². The molecule has 1 heterocycles. The van der Waals surface area contributed by atoms with Crippen molar-refractivity contribution in [1.82, 2.24) is 4.31 Å². The molecule has 29 heavy (non-hydrogen) atoms. The molecule has 1 aliphatic heterocycles. The van der Waals surface area contributed by atoms with E-state index in [0.29, 0.717) is 24.7 Å². The first-order valence-corrected chi connectivity index (χ1v) is 11.1. The first-order valence-electron chi connectivity index (χ1n) is 9.62. The lowest BCUT2D eigenvalue weighted by atomic mass is 10.0. The van der Waals surface area contributed by atoms with Crippen LogP contribution in [-0.2, 0) is 14.8 Å². The van der Waals surface area contributed by atoms with Crippen molar-refractivity contribution in [1.29, 1.82) is 0 Å². The molecular weight excluding hydrogens is 388 g/mol. The van der Waals surface area contributed by atoms with Crippen molar-refractivity contribution in [2.45, 2.75) is 24.7 Å². The largest absolute Gasteiger partial charge is 0.497 e. The number of carbonyl (C=O) groups is 1. The van der Waals surface area contributed by atoms with Crippen molar-refractivity contribution in [3.05, 3.63) is 60.2 Å². The molecule has 0 spiro atoms. The van der Waals surface area contributed by atoms with Crippen LogP contribution in [0.4, 0.5) is 5.69 Å². The van der Waals surface area contributed by atoms with E-state index in [1.165, 1.54) is 22.5 Å². The average molecular weight is 415 g/mol. The van der Waals surface area contributed by atoms with Gasteiger partial charge in [0.1, 0.15) is 5.75 Å². The second-order valence-electron chi connectivity index (χ2n) is 7.21. The van der Waals surface area contributed by atoms with Gasteiger partial charge in [0.05, 0.1) is 12.0 Å². The van der Waals surface area contributed by atoms with Crippen LogP contribution in [0.25, 0.3) is 6.08 Å². The smallest absolute Gasteiger partial charge is 0.248 e. The third-order valence-electron chi connectivity index (χ3n) is 5.05. The maximum Gasteiger partial charge on any atom is 0.248 e. The molecule has 2 aromatic rings. The van der Waals surface area contributed by atoms with Gasteiger partial charge >= 0.3 is 0 Å². The number of anilines is 1. The zero-order valence-electron chi connectivity index (χ0n) is 16.7. The van der Waals surface area contributed by atoms with Gasteiger partial charge in [-0.2, -0.15) is 4.31 Å². The van der Waals surface area contributed by atoms with E-state index in [1.807, 2.05) is 24.3 Å². The predicted molar refractivity (Wildman–Crippen MR) is 114 cm³/mol. The summed E-state index contributed by atoms with van der Waals surface area (Å²) in [5, 5.41) is 2.74. The number of sulfonamides is 1. The van der Waals surface area contributed by atoms with Gasteiger partial charge in [-0.1, -0.05) is 19.1 Å². The molecule has 1 saturated heterocycles. The Balaban J connectivity index is 1.60. The quantitative estimate of drug-likeness (QED) is 0.730. The van der Waals surface area contributed by atoms with Crippen molar-refractivity contribution >= 4 is 27.7 Å². The van der Waals surface area contributed by atoms with Crippen molar-refractivity contribution in [3.63, 3.8) is 0 Å². The molecule has 0 unspecified atom stereocenters. The monoisotopic (exact) mass is 414 g/mol. The zero-order chi connectivity index (χ0) is 20.9. The normalized spacial score (nSPS) is 16.1. The van der Waals surface area contributed by atoms with Crippen LogP contribution in [-0.4, -0.2) is 38.8 Å². The number of benzene rings is 2. The van der Waals surface area contributed by atoms with Crippen molar-refractivity contribution in [2.75, 3.05) is 25.5 Å². The third kappa shape index (κ3) is 5.46. The van der Waals surface area contributed by atoms with E-state index in [1.54, 1.807) is 25.3 Å². The molecule has 1 amide bonds. The number of hydrogen-bond acceptors (Lipinski definition) is 4. The molecule has 6 nitrogen and oxygen atoms in total. The topological polar surface area (TPSA) is 75.7 Å². The number of amides is 1. The summed E-state index contributed by atoms with van der Waals surface area (Å²) < 4.78 is 32.1. The van der Waals surface area contributed by atoms with Crippen LogP contribution >= 0.6 is 0 Å². The molecule has 1 fully saturated rings. The zero-order valence-corrected chi connectivity index (χ0v) is 17.5. The van der Waals surface area contributed by atoms with Crippen LogP contribution in [0.3, 0.4) is 0 Å². The average Bonchev–Trinajstić information content (AvgIpc) is 2.73. The van der Waals surface area contributed by atoms with E-state index in [2.05, 4.69) is 12.2 Å². The highest BCUT2D eigenvalue weighted by atomic mass is 32.2. The summed E-state index contributed by atoms with van der Waals surface area (Å²) in [6.45, 7) is 3.25. The summed E-state index contributed by atoms with van der Waals surface area (Å²) in [4.78, 5) is 12.4. The lowest BCUT2D eigenvalue weighted by Crippen LogP contribution is -2.37. The van der Waals surface area contributed by atoms with Gasteiger partial charge < -0.3 is 10.1 Å². The van der Waals surface area contributed by atoms with Gasteiger partial charge in [-0.25, -0.2) is 8.42 Å². The Hall–Kier alpha value is -2.64. The SMILES string of the molecule is COc1ccc(C=CC(=O)Nc2ccc(S(=O)(=O)N3CCC(C)CC3)cc2)cc1. The minimum absolute atomic E-state index is 0.249. The lowest BCUT2D eigenvalue weighted by molar-refractivity contribution is -0.111. The van der Waals surface area contributed by atoms with E-state index in [4.69, 9.17) is 4.74 Å². The summed E-state index contributed by atoms with van der Waals surface area (Å²) >= 11 is 0. The van der Waals surface area contributed by atoms with Crippen LogP contribution in [0, 0.1) is 5.92 Å². The Morgan fingerprint density at radius 1 is 1.07 bits per heavy atom. The van der Waals surface area contributed by atoms with E-state index in [-0.39, 0.29) is 10.8 Å². The number of hydrogen-bond donors (Lipinski definition) is 1. The number of piperidine rings is 1. The summed E-state index contributed by atoms with van der Waals surface area (Å²) in [5.74, 6) is 1.02. The second-order valence-corrected chi connectivity index (χ2v) is 9.14. The summed E-state index contributed by atoms with van der Waals surface area (Å²) in [6, 6.07) is 13.6. The Labute approximate surface area is 172 Å². The minimum atomic E-state index is -3.49. The predicted octanol–water partition coefficient (Wildman–Crippen LogP) is 3.77. The molecule has 154 valence electrons. The molecule has 2 aromatic carbocycles. The molecule has 0 saturated carbocycles. The molecule has 1 aliphatic rings. The Kier molecular flexibility index (Phi) is 6.71. The molecule has 1 N–H and O–H groups in total. The molecule has 0 aliphatic carbocycles. The number of nitrogens with one attached hydrogen (secondary N) is 1. The molecule has 7 heteroatoms. The maximum absolute atomic E-state index is 12.8. The van der Waals surface area contributed by atoms with Gasteiger partial charge in [0.25, 0.3) is 0 Å². The van der Waals surface area contributed by atoms with Gasteiger partial charge in [0.15, 0.2) is 0 Å². The summed E-state index contributed by atoms with van der Waals surface area (Å²) in [6.07, 6.45) is 4.90. The van der Waals surface area contributed by atoms with Crippen molar-refractivity contribution in [2.24, 2.45) is 5.92 Å². The summed E-state index contributed by atoms with van der Waals surface area (Å²) in [7, 11) is -1.89.